The second kappa shape index (κ2) is 10.5. The van der Waals surface area contributed by atoms with Gasteiger partial charge in [0, 0.05) is 30.0 Å². The zero-order valence-electron chi connectivity index (χ0n) is 21.2. The van der Waals surface area contributed by atoms with Crippen LogP contribution in [0.15, 0.2) is 53.7 Å². The standard InChI is InChI=1S/C29H35NO5/c1-17(2)16-34-22-9-6-19(7-10-22)23-15-28(32)30-24-12-21(13-25(31)29(23)24)20-8-11-26(35-18(3)4)27(14-20)33-5/h6-11,14,17-18,21,23H,12-13,15-16H2,1-5H3,(H,30,32). The molecule has 2 aliphatic rings. The molecule has 0 saturated carbocycles. The molecule has 2 atom stereocenters. The van der Waals surface area contributed by atoms with Crippen LogP contribution in [0.3, 0.4) is 0 Å². The molecule has 0 spiro atoms. The highest BCUT2D eigenvalue weighted by molar-refractivity contribution is 6.02. The van der Waals surface area contributed by atoms with Crippen LogP contribution in [0.1, 0.15) is 69.9 Å². The fourth-order valence-corrected chi connectivity index (χ4v) is 4.83. The molecule has 0 aromatic heterocycles. The molecule has 1 heterocycles. The van der Waals surface area contributed by atoms with Crippen LogP contribution in [0, 0.1) is 5.92 Å². The van der Waals surface area contributed by atoms with Gasteiger partial charge in [0.15, 0.2) is 17.3 Å². The monoisotopic (exact) mass is 477 g/mol. The van der Waals surface area contributed by atoms with Crippen LogP contribution < -0.4 is 19.5 Å². The number of Topliss-reactive ketones (excluding diaryl/α,β-unsaturated/α-hetero) is 1. The maximum atomic E-state index is 13.4. The first-order chi connectivity index (χ1) is 16.7. The van der Waals surface area contributed by atoms with E-state index in [1.807, 2.05) is 56.3 Å². The largest absolute Gasteiger partial charge is 0.493 e. The van der Waals surface area contributed by atoms with Crippen molar-refractivity contribution < 1.29 is 23.8 Å². The lowest BCUT2D eigenvalue weighted by atomic mass is 9.73. The van der Waals surface area contributed by atoms with Crippen LogP contribution in [-0.2, 0) is 9.59 Å². The molecule has 0 saturated heterocycles. The molecule has 186 valence electrons. The molecule has 0 bridgehead atoms. The number of benzene rings is 2. The van der Waals surface area contributed by atoms with E-state index in [1.165, 1.54) is 0 Å². The Morgan fingerprint density at radius 3 is 2.29 bits per heavy atom. The van der Waals surface area contributed by atoms with Crippen LogP contribution in [0.2, 0.25) is 0 Å². The highest BCUT2D eigenvalue weighted by Gasteiger charge is 2.38. The number of rotatable bonds is 8. The van der Waals surface area contributed by atoms with E-state index >= 15 is 0 Å². The van der Waals surface area contributed by atoms with Gasteiger partial charge in [0.05, 0.1) is 19.8 Å². The number of ketones is 1. The Kier molecular flexibility index (Phi) is 7.48. The van der Waals surface area contributed by atoms with E-state index < -0.39 is 0 Å². The Morgan fingerprint density at radius 2 is 1.63 bits per heavy atom. The number of carbonyl (C=O) groups excluding carboxylic acids is 2. The van der Waals surface area contributed by atoms with Crippen molar-refractivity contribution in [1.29, 1.82) is 0 Å². The van der Waals surface area contributed by atoms with Crippen molar-refractivity contribution in [2.45, 2.75) is 64.9 Å². The Hall–Kier alpha value is -3.28. The average molecular weight is 478 g/mol. The molecule has 2 aromatic rings. The topological polar surface area (TPSA) is 73.9 Å². The van der Waals surface area contributed by atoms with Crippen LogP contribution >= 0.6 is 0 Å². The third-order valence-corrected chi connectivity index (χ3v) is 6.42. The summed E-state index contributed by atoms with van der Waals surface area (Å²) in [4.78, 5) is 26.0. The van der Waals surface area contributed by atoms with E-state index in [-0.39, 0.29) is 36.1 Å². The fraction of sp³-hybridized carbons (Fsp3) is 0.448. The van der Waals surface area contributed by atoms with Gasteiger partial charge in [0.2, 0.25) is 5.91 Å². The summed E-state index contributed by atoms with van der Waals surface area (Å²) in [5.41, 5.74) is 3.45. The fourth-order valence-electron chi connectivity index (χ4n) is 4.83. The van der Waals surface area contributed by atoms with E-state index in [4.69, 9.17) is 14.2 Å². The summed E-state index contributed by atoms with van der Waals surface area (Å²) < 4.78 is 17.2. The molecule has 1 amide bonds. The molecule has 6 nitrogen and oxygen atoms in total. The second-order valence-corrected chi connectivity index (χ2v) is 10.1. The minimum atomic E-state index is -0.234. The quantitative estimate of drug-likeness (QED) is 0.542. The van der Waals surface area contributed by atoms with Crippen molar-refractivity contribution in [3.63, 3.8) is 0 Å². The van der Waals surface area contributed by atoms with Gasteiger partial charge in [-0.05, 0) is 67.5 Å². The molecular formula is C29H35NO5. The van der Waals surface area contributed by atoms with Gasteiger partial charge in [-0.2, -0.15) is 0 Å². The zero-order chi connectivity index (χ0) is 25.1. The first-order valence-corrected chi connectivity index (χ1v) is 12.4. The van der Waals surface area contributed by atoms with Crippen LogP contribution in [-0.4, -0.2) is 31.5 Å². The number of hydrogen-bond donors (Lipinski definition) is 1. The van der Waals surface area contributed by atoms with Gasteiger partial charge >= 0.3 is 0 Å². The summed E-state index contributed by atoms with van der Waals surface area (Å²) in [5, 5.41) is 3.00. The summed E-state index contributed by atoms with van der Waals surface area (Å²) in [6.45, 7) is 8.80. The van der Waals surface area contributed by atoms with Crippen molar-refractivity contribution in [3.8, 4) is 17.2 Å². The average Bonchev–Trinajstić information content (AvgIpc) is 2.82. The first kappa shape index (κ1) is 24.8. The zero-order valence-corrected chi connectivity index (χ0v) is 21.2. The first-order valence-electron chi connectivity index (χ1n) is 12.4. The number of allylic oxidation sites excluding steroid dienone is 2. The SMILES string of the molecule is COc1cc(C2CC(=O)C3=C(C2)NC(=O)CC3c2ccc(OCC(C)C)cc2)ccc1OC(C)C. The van der Waals surface area contributed by atoms with Gasteiger partial charge in [-0.25, -0.2) is 0 Å². The van der Waals surface area contributed by atoms with Crippen molar-refractivity contribution in [2.75, 3.05) is 13.7 Å². The van der Waals surface area contributed by atoms with Crippen LogP contribution in [0.25, 0.3) is 0 Å². The predicted molar refractivity (Wildman–Crippen MR) is 135 cm³/mol. The van der Waals surface area contributed by atoms with Gasteiger partial charge in [0.1, 0.15) is 5.75 Å². The normalized spacial score (nSPS) is 20.1. The third kappa shape index (κ3) is 5.69. The molecule has 1 aliphatic carbocycles. The summed E-state index contributed by atoms with van der Waals surface area (Å²) in [5.74, 6) is 2.33. The molecule has 0 radical (unpaired) electrons. The maximum Gasteiger partial charge on any atom is 0.225 e. The van der Waals surface area contributed by atoms with Gasteiger partial charge in [-0.3, -0.25) is 9.59 Å². The van der Waals surface area contributed by atoms with Crippen LogP contribution in [0.4, 0.5) is 0 Å². The molecule has 0 fully saturated rings. The van der Waals surface area contributed by atoms with Crippen LogP contribution in [0.5, 0.6) is 17.2 Å². The molecule has 1 N–H and O–H groups in total. The van der Waals surface area contributed by atoms with Gasteiger partial charge in [0.25, 0.3) is 0 Å². The Balaban J connectivity index is 1.58. The smallest absolute Gasteiger partial charge is 0.225 e. The molecule has 35 heavy (non-hydrogen) atoms. The number of hydrogen-bond acceptors (Lipinski definition) is 5. The summed E-state index contributed by atoms with van der Waals surface area (Å²) in [7, 11) is 1.62. The van der Waals surface area contributed by atoms with Crippen molar-refractivity contribution in [2.24, 2.45) is 5.92 Å². The maximum absolute atomic E-state index is 13.4. The van der Waals surface area contributed by atoms with Gasteiger partial charge < -0.3 is 19.5 Å². The lowest BCUT2D eigenvalue weighted by Gasteiger charge is -2.34. The predicted octanol–water partition coefficient (Wildman–Crippen LogP) is 5.52. The van der Waals surface area contributed by atoms with E-state index in [0.717, 1.165) is 28.1 Å². The third-order valence-electron chi connectivity index (χ3n) is 6.42. The highest BCUT2D eigenvalue weighted by atomic mass is 16.5. The van der Waals surface area contributed by atoms with Crippen molar-refractivity contribution in [3.05, 3.63) is 64.9 Å². The molecule has 4 rings (SSSR count). The van der Waals surface area contributed by atoms with E-state index in [9.17, 15) is 9.59 Å². The Bertz CT molecular complexity index is 1120. The van der Waals surface area contributed by atoms with E-state index in [1.54, 1.807) is 7.11 Å². The summed E-state index contributed by atoms with van der Waals surface area (Å²) in [6.07, 6.45) is 1.31. The number of amides is 1. The van der Waals surface area contributed by atoms with Crippen molar-refractivity contribution >= 4 is 11.7 Å². The minimum absolute atomic E-state index is 0.0314. The Labute approximate surface area is 207 Å². The highest BCUT2D eigenvalue weighted by Crippen LogP contribution is 2.44. The molecule has 1 aliphatic heterocycles. The number of methoxy groups -OCH3 is 1. The number of nitrogens with one attached hydrogen (secondary N) is 1. The van der Waals surface area contributed by atoms with Gasteiger partial charge in [-0.1, -0.05) is 32.0 Å². The lowest BCUT2D eigenvalue weighted by Crippen LogP contribution is -2.38. The lowest BCUT2D eigenvalue weighted by molar-refractivity contribution is -0.122. The van der Waals surface area contributed by atoms with E-state index in [2.05, 4.69) is 19.2 Å². The minimum Gasteiger partial charge on any atom is -0.493 e. The summed E-state index contributed by atoms with van der Waals surface area (Å²) >= 11 is 0. The van der Waals surface area contributed by atoms with E-state index in [0.29, 0.717) is 36.9 Å². The Morgan fingerprint density at radius 1 is 0.914 bits per heavy atom. The number of carbonyl (C=O) groups is 2. The molecule has 6 heteroatoms. The van der Waals surface area contributed by atoms with Crippen molar-refractivity contribution in [1.82, 2.24) is 5.32 Å². The second-order valence-electron chi connectivity index (χ2n) is 10.1. The molecule has 2 aromatic carbocycles. The number of ether oxygens (including phenoxy) is 3. The molecule has 2 unspecified atom stereocenters. The van der Waals surface area contributed by atoms with Gasteiger partial charge in [-0.15, -0.1) is 0 Å². The molecular weight excluding hydrogens is 442 g/mol. The summed E-state index contributed by atoms with van der Waals surface area (Å²) in [6, 6.07) is 13.6.